The fourth-order valence-corrected chi connectivity index (χ4v) is 4.49. The van der Waals surface area contributed by atoms with Crippen LogP contribution >= 0.6 is 0 Å². The molecule has 2 aliphatic rings. The molecule has 0 N–H and O–H groups in total. The third kappa shape index (κ3) is 3.32. The van der Waals surface area contributed by atoms with E-state index in [2.05, 4.69) is 61.4 Å². The average molecular weight is 383 g/mol. The van der Waals surface area contributed by atoms with Crippen molar-refractivity contribution in [2.24, 2.45) is 5.41 Å². The number of likely N-dealkylation sites (tertiary alicyclic amines) is 1. The van der Waals surface area contributed by atoms with Gasteiger partial charge in [-0.3, -0.25) is 4.79 Å². The van der Waals surface area contributed by atoms with Crippen LogP contribution in [0.1, 0.15) is 63.0 Å². The van der Waals surface area contributed by atoms with E-state index >= 15 is 0 Å². The lowest BCUT2D eigenvalue weighted by atomic mass is 9.77. The van der Waals surface area contributed by atoms with Crippen LogP contribution in [0.2, 0.25) is 0 Å². The van der Waals surface area contributed by atoms with Crippen molar-refractivity contribution in [2.75, 3.05) is 13.2 Å². The van der Waals surface area contributed by atoms with Crippen LogP contribution in [0.25, 0.3) is 0 Å². The predicted octanol–water partition coefficient (Wildman–Crippen LogP) is 3.01. The van der Waals surface area contributed by atoms with E-state index in [1.807, 2.05) is 15.6 Å². The molecule has 2 fully saturated rings. The molecule has 2 saturated heterocycles. The molecule has 3 heterocycles. The molecule has 0 unspecified atom stereocenters. The molecule has 150 valence electrons. The van der Waals surface area contributed by atoms with Crippen molar-refractivity contribution >= 4 is 5.91 Å². The smallest absolute Gasteiger partial charge is 0.229 e. The van der Waals surface area contributed by atoms with E-state index in [4.69, 9.17) is 4.74 Å². The second-order valence-corrected chi connectivity index (χ2v) is 9.15. The van der Waals surface area contributed by atoms with Gasteiger partial charge < -0.3 is 9.64 Å². The molecule has 1 aromatic carbocycles. The molecule has 28 heavy (non-hydrogen) atoms. The number of rotatable bonds is 3. The summed E-state index contributed by atoms with van der Waals surface area (Å²) in [5.74, 6) is 0.989. The van der Waals surface area contributed by atoms with Crippen molar-refractivity contribution in [3.63, 3.8) is 0 Å². The highest BCUT2D eigenvalue weighted by atomic mass is 16.5. The van der Waals surface area contributed by atoms with Gasteiger partial charge in [0.15, 0.2) is 5.82 Å². The van der Waals surface area contributed by atoms with Gasteiger partial charge in [0, 0.05) is 19.8 Å². The minimum Gasteiger partial charge on any atom is -0.381 e. The number of benzene rings is 1. The number of aryl methyl sites for hydroxylation is 1. The normalized spacial score (nSPS) is 22.2. The summed E-state index contributed by atoms with van der Waals surface area (Å²) in [6.45, 7) is 10.2. The van der Waals surface area contributed by atoms with E-state index in [0.29, 0.717) is 19.8 Å². The van der Waals surface area contributed by atoms with Gasteiger partial charge in [0.25, 0.3) is 0 Å². The Labute approximate surface area is 166 Å². The Balaban J connectivity index is 1.73. The van der Waals surface area contributed by atoms with Crippen LogP contribution in [0.3, 0.4) is 0 Å². The molecule has 4 rings (SSSR count). The third-order valence-corrected chi connectivity index (χ3v) is 5.99. The Hall–Kier alpha value is -2.28. The fraction of sp³-hybridized carbons (Fsp3) is 0.619. The zero-order chi connectivity index (χ0) is 19.9. The molecular formula is C21H29N5O2. The SMILES string of the molecule is Cc1cccc(CN2C(=O)C3(CCOCC3)C[C@H]2c2nnnn2C(C)(C)C)c1. The van der Waals surface area contributed by atoms with Crippen molar-refractivity contribution in [3.8, 4) is 0 Å². The van der Waals surface area contributed by atoms with Crippen molar-refractivity contribution in [3.05, 3.63) is 41.2 Å². The number of ether oxygens (including phenoxy) is 1. The van der Waals surface area contributed by atoms with Gasteiger partial charge in [0.05, 0.1) is 17.0 Å². The van der Waals surface area contributed by atoms with Crippen LogP contribution in [-0.4, -0.2) is 44.2 Å². The number of amides is 1. The van der Waals surface area contributed by atoms with Gasteiger partial charge in [-0.1, -0.05) is 29.8 Å². The number of aromatic nitrogens is 4. The first-order valence-corrected chi connectivity index (χ1v) is 10.0. The van der Waals surface area contributed by atoms with Crippen molar-refractivity contribution < 1.29 is 9.53 Å². The van der Waals surface area contributed by atoms with E-state index in [1.165, 1.54) is 5.56 Å². The number of hydrogen-bond acceptors (Lipinski definition) is 5. The van der Waals surface area contributed by atoms with Gasteiger partial charge >= 0.3 is 0 Å². The van der Waals surface area contributed by atoms with E-state index in [9.17, 15) is 4.79 Å². The molecule has 1 amide bonds. The van der Waals surface area contributed by atoms with Crippen LogP contribution in [0.4, 0.5) is 0 Å². The number of tetrazole rings is 1. The first-order valence-electron chi connectivity index (χ1n) is 10.0. The van der Waals surface area contributed by atoms with Crippen LogP contribution in [0, 0.1) is 12.3 Å². The third-order valence-electron chi connectivity index (χ3n) is 5.99. The standard InChI is InChI=1S/C21H29N5O2/c1-15-6-5-7-16(12-15)14-25-17(18-22-23-24-26(18)20(2,3)4)13-21(19(25)27)8-10-28-11-9-21/h5-7,12,17H,8-11,13-14H2,1-4H3/t17-/m0/s1. The molecular weight excluding hydrogens is 354 g/mol. The number of hydrogen-bond donors (Lipinski definition) is 0. The number of carbonyl (C=O) groups excluding carboxylic acids is 1. The Morgan fingerprint density at radius 3 is 2.68 bits per heavy atom. The minimum atomic E-state index is -0.360. The Morgan fingerprint density at radius 1 is 1.25 bits per heavy atom. The van der Waals surface area contributed by atoms with Gasteiger partial charge in [-0.2, -0.15) is 0 Å². The maximum atomic E-state index is 13.6. The Kier molecular flexibility index (Phi) is 4.73. The second kappa shape index (κ2) is 6.95. The summed E-state index contributed by atoms with van der Waals surface area (Å²) in [5, 5.41) is 12.6. The summed E-state index contributed by atoms with van der Waals surface area (Å²) in [5.41, 5.74) is 1.72. The van der Waals surface area contributed by atoms with Crippen LogP contribution in [-0.2, 0) is 21.6 Å². The lowest BCUT2D eigenvalue weighted by Crippen LogP contribution is -2.39. The van der Waals surface area contributed by atoms with E-state index in [1.54, 1.807) is 0 Å². The largest absolute Gasteiger partial charge is 0.381 e. The molecule has 0 saturated carbocycles. The lowest BCUT2D eigenvalue weighted by Gasteiger charge is -2.31. The monoisotopic (exact) mass is 383 g/mol. The summed E-state index contributed by atoms with van der Waals surface area (Å²) in [6.07, 6.45) is 2.28. The van der Waals surface area contributed by atoms with Crippen molar-refractivity contribution in [1.82, 2.24) is 25.1 Å². The quantitative estimate of drug-likeness (QED) is 0.815. The zero-order valence-corrected chi connectivity index (χ0v) is 17.2. The Morgan fingerprint density at radius 2 is 2.00 bits per heavy atom. The first-order chi connectivity index (χ1) is 13.3. The highest BCUT2D eigenvalue weighted by molar-refractivity contribution is 5.85. The first kappa shape index (κ1) is 19.1. The molecule has 0 bridgehead atoms. The zero-order valence-electron chi connectivity index (χ0n) is 17.2. The molecule has 1 aromatic heterocycles. The second-order valence-electron chi connectivity index (χ2n) is 9.15. The molecule has 2 aliphatic heterocycles. The van der Waals surface area contributed by atoms with Crippen LogP contribution in [0.5, 0.6) is 0 Å². The van der Waals surface area contributed by atoms with Crippen molar-refractivity contribution in [2.45, 2.75) is 65.1 Å². The van der Waals surface area contributed by atoms with Gasteiger partial charge in [-0.25, -0.2) is 4.68 Å². The molecule has 2 aromatic rings. The van der Waals surface area contributed by atoms with E-state index in [-0.39, 0.29) is 22.9 Å². The van der Waals surface area contributed by atoms with Gasteiger partial charge in [-0.15, -0.1) is 5.10 Å². The van der Waals surface area contributed by atoms with E-state index in [0.717, 1.165) is 30.7 Å². The van der Waals surface area contributed by atoms with Gasteiger partial charge in [-0.05, 0) is 62.9 Å². The van der Waals surface area contributed by atoms with Gasteiger partial charge in [0.2, 0.25) is 5.91 Å². The average Bonchev–Trinajstić information content (AvgIpc) is 3.22. The maximum Gasteiger partial charge on any atom is 0.229 e. The highest BCUT2D eigenvalue weighted by Gasteiger charge is 2.54. The molecule has 0 radical (unpaired) electrons. The fourth-order valence-electron chi connectivity index (χ4n) is 4.49. The minimum absolute atomic E-state index is 0.125. The number of nitrogens with zero attached hydrogens (tertiary/aromatic N) is 5. The molecule has 1 spiro atoms. The number of carbonyl (C=O) groups is 1. The molecule has 7 nitrogen and oxygen atoms in total. The lowest BCUT2D eigenvalue weighted by molar-refractivity contribution is -0.141. The van der Waals surface area contributed by atoms with Crippen LogP contribution < -0.4 is 0 Å². The Bertz CT molecular complexity index is 864. The highest BCUT2D eigenvalue weighted by Crippen LogP contribution is 2.50. The van der Waals surface area contributed by atoms with Crippen LogP contribution in [0.15, 0.2) is 24.3 Å². The molecule has 7 heteroatoms. The predicted molar refractivity (Wildman–Crippen MR) is 104 cm³/mol. The summed E-state index contributed by atoms with van der Waals surface area (Å²) in [4.78, 5) is 15.6. The summed E-state index contributed by atoms with van der Waals surface area (Å²) < 4.78 is 7.43. The molecule has 0 aliphatic carbocycles. The molecule has 1 atom stereocenters. The van der Waals surface area contributed by atoms with Crippen molar-refractivity contribution in [1.29, 1.82) is 0 Å². The van der Waals surface area contributed by atoms with Gasteiger partial charge in [0.1, 0.15) is 0 Å². The summed E-state index contributed by atoms with van der Waals surface area (Å²) >= 11 is 0. The summed E-state index contributed by atoms with van der Waals surface area (Å²) in [7, 11) is 0. The maximum absolute atomic E-state index is 13.6. The summed E-state index contributed by atoms with van der Waals surface area (Å²) in [6, 6.07) is 8.22. The topological polar surface area (TPSA) is 73.1 Å². The van der Waals surface area contributed by atoms with E-state index < -0.39 is 0 Å².